The van der Waals surface area contributed by atoms with E-state index in [1.807, 2.05) is 21.9 Å². The quantitative estimate of drug-likeness (QED) is 0.365. The van der Waals surface area contributed by atoms with Crippen molar-refractivity contribution in [2.24, 2.45) is 11.7 Å². The second-order valence-corrected chi connectivity index (χ2v) is 14.2. The maximum Gasteiger partial charge on any atom is 0.272 e. The Balaban J connectivity index is 0.854. The number of likely N-dealkylation sites (tertiary alicyclic amines) is 1. The Morgan fingerprint density at radius 3 is 2.18 bits per heavy atom. The van der Waals surface area contributed by atoms with Crippen LogP contribution < -0.4 is 11.3 Å². The van der Waals surface area contributed by atoms with E-state index in [2.05, 4.69) is 20.0 Å². The van der Waals surface area contributed by atoms with Crippen LogP contribution in [-0.2, 0) is 16.0 Å². The first kappa shape index (κ1) is 33.3. The molecule has 0 spiro atoms. The predicted molar refractivity (Wildman–Crippen MR) is 182 cm³/mol. The molecule has 4 aliphatic rings. The van der Waals surface area contributed by atoms with Crippen LogP contribution >= 0.6 is 0 Å². The topological polar surface area (TPSA) is 139 Å². The van der Waals surface area contributed by atoms with Crippen molar-refractivity contribution in [3.05, 3.63) is 75.5 Å². The van der Waals surface area contributed by atoms with Crippen LogP contribution in [0.4, 0.5) is 4.39 Å². The molecule has 0 bridgehead atoms. The Labute approximate surface area is 285 Å². The van der Waals surface area contributed by atoms with Crippen LogP contribution in [0, 0.1) is 11.7 Å². The second-order valence-electron chi connectivity index (χ2n) is 14.2. The number of amides is 3. The summed E-state index contributed by atoms with van der Waals surface area (Å²) < 4.78 is 14.9. The second kappa shape index (κ2) is 14.0. The smallest absolute Gasteiger partial charge is 0.272 e. The number of piperazine rings is 2. The predicted octanol–water partition coefficient (Wildman–Crippen LogP) is 1.28. The molecule has 0 unspecified atom stereocenters. The maximum absolute atomic E-state index is 14.9. The van der Waals surface area contributed by atoms with Crippen LogP contribution in [0.5, 0.6) is 0 Å². The molecule has 260 valence electrons. The lowest BCUT2D eigenvalue weighted by Crippen LogP contribution is -2.55. The number of halogens is 1. The van der Waals surface area contributed by atoms with Gasteiger partial charge in [-0.15, -0.1) is 0 Å². The molecule has 3 aromatic rings. The van der Waals surface area contributed by atoms with Crippen molar-refractivity contribution >= 4 is 28.5 Å². The van der Waals surface area contributed by atoms with Gasteiger partial charge in [-0.2, -0.15) is 5.10 Å². The van der Waals surface area contributed by atoms with Crippen molar-refractivity contribution in [1.29, 1.82) is 0 Å². The number of H-pyrrole nitrogens is 1. The lowest BCUT2D eigenvalue weighted by atomic mass is 9.96. The van der Waals surface area contributed by atoms with Crippen LogP contribution in [0.15, 0.2) is 47.3 Å². The summed E-state index contributed by atoms with van der Waals surface area (Å²) in [6, 6.07) is 11.7. The summed E-state index contributed by atoms with van der Waals surface area (Å²) in [5, 5.41) is 7.98. The zero-order valence-electron chi connectivity index (χ0n) is 27.9. The molecule has 1 aliphatic carbocycles. The fourth-order valence-electron chi connectivity index (χ4n) is 7.46. The van der Waals surface area contributed by atoms with Gasteiger partial charge in [0.1, 0.15) is 5.82 Å². The number of carbonyl (C=O) groups is 3. The first-order valence-corrected chi connectivity index (χ1v) is 17.5. The highest BCUT2D eigenvalue weighted by Gasteiger charge is 2.48. The van der Waals surface area contributed by atoms with Crippen molar-refractivity contribution in [1.82, 2.24) is 34.7 Å². The molecular formula is C36H45FN8O4. The molecule has 1 aromatic heterocycles. The average molecular weight is 673 g/mol. The van der Waals surface area contributed by atoms with E-state index in [9.17, 15) is 23.6 Å². The molecule has 3 amide bonds. The number of nitrogens with one attached hydrogen (secondary N) is 1. The van der Waals surface area contributed by atoms with E-state index >= 15 is 0 Å². The number of aromatic amines is 1. The Kier molecular flexibility index (Phi) is 9.49. The number of rotatable bonds is 8. The molecule has 1 saturated carbocycles. The molecule has 3 saturated heterocycles. The molecule has 49 heavy (non-hydrogen) atoms. The summed E-state index contributed by atoms with van der Waals surface area (Å²) in [6.45, 7) is 7.93. The summed E-state index contributed by atoms with van der Waals surface area (Å²) in [6.07, 6.45) is 4.02. The first-order valence-electron chi connectivity index (χ1n) is 17.5. The molecule has 12 nitrogen and oxygen atoms in total. The van der Waals surface area contributed by atoms with Crippen molar-refractivity contribution in [3.63, 3.8) is 0 Å². The normalized spacial score (nSPS) is 20.5. The van der Waals surface area contributed by atoms with E-state index in [1.165, 1.54) is 6.07 Å². The van der Waals surface area contributed by atoms with E-state index in [4.69, 9.17) is 5.73 Å². The number of carbonyl (C=O) groups excluding carboxylic acids is 3. The SMILES string of the molecule is NC1(C(=O)N2CCN(CC3CCN(CC(=O)N4CCN(C(=O)c5cc(Cc6n[nH]c(=O)c7ccccc67)ccc5F)CC4)CC3)CC2)CC1. The van der Waals surface area contributed by atoms with Crippen molar-refractivity contribution < 1.29 is 18.8 Å². The molecule has 7 rings (SSSR count). The zero-order chi connectivity index (χ0) is 34.1. The first-order chi connectivity index (χ1) is 23.7. The summed E-state index contributed by atoms with van der Waals surface area (Å²) in [7, 11) is 0. The molecule has 13 heteroatoms. The number of benzene rings is 2. The number of piperidine rings is 1. The number of aromatic nitrogens is 2. The average Bonchev–Trinajstić information content (AvgIpc) is 3.89. The van der Waals surface area contributed by atoms with Gasteiger partial charge in [-0.1, -0.05) is 24.3 Å². The van der Waals surface area contributed by atoms with E-state index in [-0.39, 0.29) is 22.9 Å². The van der Waals surface area contributed by atoms with E-state index in [1.54, 1.807) is 29.2 Å². The van der Waals surface area contributed by atoms with Crippen LogP contribution in [0.3, 0.4) is 0 Å². The Bertz CT molecular complexity index is 1770. The van der Waals surface area contributed by atoms with Crippen LogP contribution in [0.2, 0.25) is 0 Å². The molecular weight excluding hydrogens is 627 g/mol. The third kappa shape index (κ3) is 7.38. The van der Waals surface area contributed by atoms with Gasteiger partial charge in [0.2, 0.25) is 11.8 Å². The van der Waals surface area contributed by atoms with Crippen LogP contribution in [0.25, 0.3) is 10.8 Å². The minimum atomic E-state index is -0.592. The number of fused-ring (bicyclic) bond motifs is 1. The number of hydrogen-bond acceptors (Lipinski definition) is 8. The van der Waals surface area contributed by atoms with Crippen LogP contribution in [0.1, 0.15) is 47.3 Å². The number of hydrogen-bond donors (Lipinski definition) is 2. The zero-order valence-corrected chi connectivity index (χ0v) is 27.9. The fourth-order valence-corrected chi connectivity index (χ4v) is 7.46. The fraction of sp³-hybridized carbons (Fsp3) is 0.528. The summed E-state index contributed by atoms with van der Waals surface area (Å²) in [4.78, 5) is 61.4. The monoisotopic (exact) mass is 672 g/mol. The highest BCUT2D eigenvalue weighted by atomic mass is 19.1. The van der Waals surface area contributed by atoms with Gasteiger partial charge in [0, 0.05) is 70.7 Å². The summed E-state index contributed by atoms with van der Waals surface area (Å²) >= 11 is 0. The molecule has 3 aliphatic heterocycles. The highest BCUT2D eigenvalue weighted by Crippen LogP contribution is 2.34. The lowest BCUT2D eigenvalue weighted by Gasteiger charge is -2.40. The van der Waals surface area contributed by atoms with Gasteiger partial charge in [0.25, 0.3) is 11.5 Å². The molecule has 0 atom stereocenters. The number of nitrogens with two attached hydrogens (primary N) is 1. The Hall–Kier alpha value is -4.20. The Morgan fingerprint density at radius 2 is 1.49 bits per heavy atom. The van der Waals surface area contributed by atoms with Crippen molar-refractivity contribution in [2.45, 2.75) is 37.6 Å². The van der Waals surface area contributed by atoms with E-state index in [0.717, 1.165) is 71.5 Å². The third-order valence-corrected chi connectivity index (χ3v) is 10.8. The standard InChI is InChI=1S/C36H45FN8O4/c37-30-6-5-26(22-31-27-3-1-2-4-28(27)33(47)40-39-31)21-29(30)34(48)44-19-17-43(18-20-44)32(46)24-41-11-7-25(8-12-41)23-42-13-15-45(16-14-42)35(49)36(38)9-10-36/h1-6,21,25H,7-20,22-24,38H2,(H,40,47). The lowest BCUT2D eigenvalue weighted by molar-refractivity contribution is -0.136. The van der Waals surface area contributed by atoms with E-state index < -0.39 is 17.3 Å². The highest BCUT2D eigenvalue weighted by molar-refractivity contribution is 5.95. The largest absolute Gasteiger partial charge is 0.339 e. The van der Waals surface area contributed by atoms with Gasteiger partial charge < -0.3 is 20.4 Å². The summed E-state index contributed by atoms with van der Waals surface area (Å²) in [5.74, 6) is -0.228. The van der Waals surface area contributed by atoms with Crippen molar-refractivity contribution in [3.8, 4) is 0 Å². The molecule has 4 fully saturated rings. The van der Waals surface area contributed by atoms with Gasteiger partial charge in [-0.05, 0) is 68.5 Å². The van der Waals surface area contributed by atoms with Gasteiger partial charge in [0.05, 0.1) is 28.7 Å². The van der Waals surface area contributed by atoms with Crippen molar-refractivity contribution in [2.75, 3.05) is 78.5 Å². The third-order valence-electron chi connectivity index (χ3n) is 10.8. The summed E-state index contributed by atoms with van der Waals surface area (Å²) in [5.41, 5.74) is 6.58. The van der Waals surface area contributed by atoms with Gasteiger partial charge in [0.15, 0.2) is 0 Å². The van der Waals surface area contributed by atoms with Gasteiger partial charge >= 0.3 is 0 Å². The van der Waals surface area contributed by atoms with E-state index in [0.29, 0.717) is 67.1 Å². The van der Waals surface area contributed by atoms with Crippen LogP contribution in [-0.4, -0.2) is 136 Å². The molecule has 2 aromatic carbocycles. The minimum absolute atomic E-state index is 0.00791. The van der Waals surface area contributed by atoms with Gasteiger partial charge in [-0.25, -0.2) is 9.49 Å². The molecule has 0 radical (unpaired) electrons. The molecule has 3 N–H and O–H groups in total. The molecule has 4 heterocycles. The number of nitrogens with zero attached hydrogens (tertiary/aromatic N) is 6. The maximum atomic E-state index is 14.9. The minimum Gasteiger partial charge on any atom is -0.339 e. The Morgan fingerprint density at radius 1 is 0.837 bits per heavy atom. The van der Waals surface area contributed by atoms with Gasteiger partial charge in [-0.3, -0.25) is 29.0 Å².